The highest BCUT2D eigenvalue weighted by molar-refractivity contribution is 5.99. The van der Waals surface area contributed by atoms with E-state index in [1.54, 1.807) is 13.0 Å². The van der Waals surface area contributed by atoms with E-state index < -0.39 is 11.5 Å². The third-order valence-corrected chi connectivity index (χ3v) is 1.93. The Kier molecular flexibility index (Phi) is 2.28. The monoisotopic (exact) mass is 184 g/mol. The van der Waals surface area contributed by atoms with Gasteiger partial charge in [0, 0.05) is 0 Å². The highest BCUT2D eigenvalue weighted by atomic mass is 19.1. The fourth-order valence-corrected chi connectivity index (χ4v) is 0.978. The van der Waals surface area contributed by atoms with E-state index in [0.29, 0.717) is 5.76 Å². The second-order valence-electron chi connectivity index (χ2n) is 3.65. The molecule has 0 atom stereocenters. The maximum absolute atomic E-state index is 13.2. The van der Waals surface area contributed by atoms with E-state index in [0.717, 1.165) is 5.56 Å². The third-order valence-electron chi connectivity index (χ3n) is 1.93. The summed E-state index contributed by atoms with van der Waals surface area (Å²) >= 11 is 0. The van der Waals surface area contributed by atoms with E-state index in [1.807, 2.05) is 6.92 Å². The van der Waals surface area contributed by atoms with Crippen LogP contribution in [0.2, 0.25) is 0 Å². The van der Waals surface area contributed by atoms with Crippen LogP contribution in [-0.2, 0) is 0 Å². The van der Waals surface area contributed by atoms with Crippen LogP contribution in [0.4, 0.5) is 4.39 Å². The summed E-state index contributed by atoms with van der Waals surface area (Å²) in [5.74, 6) is 0.152. The number of carbonyl (C=O) groups is 1. The van der Waals surface area contributed by atoms with E-state index in [-0.39, 0.29) is 5.76 Å². The van der Waals surface area contributed by atoms with Crippen molar-refractivity contribution in [1.82, 2.24) is 0 Å². The SMILES string of the molecule is Cc1cc(C(=O)C(C)(C)F)oc1C. The molecule has 0 amide bonds. The van der Waals surface area contributed by atoms with E-state index in [9.17, 15) is 9.18 Å². The highest BCUT2D eigenvalue weighted by Gasteiger charge is 2.30. The van der Waals surface area contributed by atoms with Crippen molar-refractivity contribution in [3.05, 3.63) is 23.2 Å². The molecule has 2 nitrogen and oxygen atoms in total. The summed E-state index contributed by atoms with van der Waals surface area (Å²) in [6.07, 6.45) is 0. The zero-order valence-corrected chi connectivity index (χ0v) is 8.27. The Labute approximate surface area is 76.7 Å². The van der Waals surface area contributed by atoms with Crippen LogP contribution in [0.25, 0.3) is 0 Å². The molecule has 0 aliphatic carbocycles. The van der Waals surface area contributed by atoms with Crippen molar-refractivity contribution < 1.29 is 13.6 Å². The van der Waals surface area contributed by atoms with Crippen molar-refractivity contribution in [3.63, 3.8) is 0 Å². The first-order chi connectivity index (χ1) is 5.82. The molecule has 3 heteroatoms. The molecule has 0 N–H and O–H groups in total. The van der Waals surface area contributed by atoms with Gasteiger partial charge in [0.15, 0.2) is 11.4 Å². The molecule has 1 aromatic rings. The van der Waals surface area contributed by atoms with Gasteiger partial charge in [-0.2, -0.15) is 0 Å². The van der Waals surface area contributed by atoms with Gasteiger partial charge in [0.05, 0.1) is 0 Å². The molecule has 0 fully saturated rings. The van der Waals surface area contributed by atoms with Crippen LogP contribution in [0.15, 0.2) is 10.5 Å². The number of furan rings is 1. The molecule has 0 aliphatic rings. The van der Waals surface area contributed by atoms with Gasteiger partial charge < -0.3 is 4.42 Å². The summed E-state index contributed by atoms with van der Waals surface area (Å²) in [6.45, 7) is 6.02. The minimum absolute atomic E-state index is 0.0995. The van der Waals surface area contributed by atoms with Crippen LogP contribution >= 0.6 is 0 Å². The second-order valence-corrected chi connectivity index (χ2v) is 3.65. The number of rotatable bonds is 2. The van der Waals surface area contributed by atoms with Crippen LogP contribution in [-0.4, -0.2) is 11.5 Å². The number of halogens is 1. The summed E-state index contributed by atoms with van der Waals surface area (Å²) in [5.41, 5.74) is -0.996. The maximum Gasteiger partial charge on any atom is 0.234 e. The molecule has 0 spiro atoms. The first-order valence-electron chi connectivity index (χ1n) is 4.13. The summed E-state index contributed by atoms with van der Waals surface area (Å²) in [4.78, 5) is 11.4. The Morgan fingerprint density at radius 2 is 2.00 bits per heavy atom. The highest BCUT2D eigenvalue weighted by Crippen LogP contribution is 2.21. The average molecular weight is 184 g/mol. The molecule has 1 rings (SSSR count). The van der Waals surface area contributed by atoms with Gasteiger partial charge in [-0.25, -0.2) is 4.39 Å². The first kappa shape index (κ1) is 9.96. The van der Waals surface area contributed by atoms with Crippen molar-refractivity contribution in [2.75, 3.05) is 0 Å². The van der Waals surface area contributed by atoms with E-state index in [1.165, 1.54) is 13.8 Å². The molecular weight excluding hydrogens is 171 g/mol. The van der Waals surface area contributed by atoms with E-state index >= 15 is 0 Å². The number of aryl methyl sites for hydroxylation is 2. The lowest BCUT2D eigenvalue weighted by Crippen LogP contribution is -2.25. The number of hydrogen-bond donors (Lipinski definition) is 0. The maximum atomic E-state index is 13.2. The molecule has 0 aliphatic heterocycles. The zero-order valence-electron chi connectivity index (χ0n) is 8.27. The fourth-order valence-electron chi connectivity index (χ4n) is 0.978. The van der Waals surface area contributed by atoms with Crippen LogP contribution in [0.3, 0.4) is 0 Å². The van der Waals surface area contributed by atoms with Crippen LogP contribution in [0.5, 0.6) is 0 Å². The van der Waals surface area contributed by atoms with Crippen molar-refractivity contribution >= 4 is 5.78 Å². The summed E-state index contributed by atoms with van der Waals surface area (Å²) in [7, 11) is 0. The Morgan fingerprint density at radius 3 is 2.31 bits per heavy atom. The van der Waals surface area contributed by atoms with Gasteiger partial charge >= 0.3 is 0 Å². The predicted octanol–water partition coefficient (Wildman–Crippen LogP) is 2.83. The van der Waals surface area contributed by atoms with Gasteiger partial charge in [0.1, 0.15) is 5.76 Å². The van der Waals surface area contributed by atoms with Gasteiger partial charge in [-0.05, 0) is 39.3 Å². The standard InChI is InChI=1S/C10H13FO2/c1-6-5-8(13-7(6)2)9(12)10(3,4)11/h5H,1-4H3. The molecule has 13 heavy (non-hydrogen) atoms. The zero-order chi connectivity index (χ0) is 10.2. The Hall–Kier alpha value is -1.12. The smallest absolute Gasteiger partial charge is 0.234 e. The third kappa shape index (κ3) is 1.97. The Balaban J connectivity index is 3.03. The quantitative estimate of drug-likeness (QED) is 0.661. The van der Waals surface area contributed by atoms with E-state index in [4.69, 9.17) is 4.42 Å². The molecule has 0 bridgehead atoms. The first-order valence-corrected chi connectivity index (χ1v) is 4.13. The summed E-state index contributed by atoms with van der Waals surface area (Å²) in [5, 5.41) is 0. The average Bonchev–Trinajstić information content (AvgIpc) is 2.29. The fraction of sp³-hybridized carbons (Fsp3) is 0.500. The van der Waals surface area contributed by atoms with Crippen molar-refractivity contribution in [2.45, 2.75) is 33.4 Å². The normalized spacial score (nSPS) is 11.8. The molecule has 0 radical (unpaired) electrons. The number of hydrogen-bond acceptors (Lipinski definition) is 2. The largest absolute Gasteiger partial charge is 0.458 e. The number of Topliss-reactive ketones (excluding diaryl/α,β-unsaturated/α-hetero) is 1. The molecule has 0 unspecified atom stereocenters. The lowest BCUT2D eigenvalue weighted by atomic mass is 10.0. The lowest BCUT2D eigenvalue weighted by molar-refractivity contribution is 0.0728. The number of carbonyl (C=O) groups excluding carboxylic acids is 1. The molecule has 0 saturated carbocycles. The summed E-state index contributed by atoms with van der Waals surface area (Å²) < 4.78 is 18.3. The molecule has 0 aromatic carbocycles. The Bertz CT molecular complexity index is 312. The van der Waals surface area contributed by atoms with Crippen LogP contribution in [0, 0.1) is 13.8 Å². The van der Waals surface area contributed by atoms with Gasteiger partial charge in [0.2, 0.25) is 5.78 Å². The molecule has 1 heterocycles. The van der Waals surface area contributed by atoms with Crippen molar-refractivity contribution in [1.29, 1.82) is 0 Å². The van der Waals surface area contributed by atoms with E-state index in [2.05, 4.69) is 0 Å². The van der Waals surface area contributed by atoms with Crippen molar-refractivity contribution in [2.24, 2.45) is 0 Å². The number of ketones is 1. The predicted molar refractivity (Wildman–Crippen MR) is 47.7 cm³/mol. The Morgan fingerprint density at radius 1 is 1.46 bits per heavy atom. The van der Waals surface area contributed by atoms with Gasteiger partial charge in [-0.1, -0.05) is 0 Å². The minimum Gasteiger partial charge on any atom is -0.458 e. The second kappa shape index (κ2) is 2.98. The molecular formula is C10H13FO2. The van der Waals surface area contributed by atoms with Gasteiger partial charge in [-0.15, -0.1) is 0 Å². The van der Waals surface area contributed by atoms with Crippen LogP contribution < -0.4 is 0 Å². The number of alkyl halides is 1. The minimum atomic E-state index is -1.86. The summed E-state index contributed by atoms with van der Waals surface area (Å²) in [6, 6.07) is 1.57. The van der Waals surface area contributed by atoms with Gasteiger partial charge in [0.25, 0.3) is 0 Å². The van der Waals surface area contributed by atoms with Crippen LogP contribution in [0.1, 0.15) is 35.7 Å². The molecule has 72 valence electrons. The molecule has 0 saturated heterocycles. The molecule has 1 aromatic heterocycles. The topological polar surface area (TPSA) is 30.2 Å². The van der Waals surface area contributed by atoms with Gasteiger partial charge in [-0.3, -0.25) is 4.79 Å². The lowest BCUT2D eigenvalue weighted by Gasteiger charge is -2.09. The van der Waals surface area contributed by atoms with Crippen molar-refractivity contribution in [3.8, 4) is 0 Å².